The minimum atomic E-state index is 0.541. The van der Waals surface area contributed by atoms with Gasteiger partial charge in [-0.2, -0.15) is 0 Å². The fourth-order valence-electron chi connectivity index (χ4n) is 2.71. The van der Waals surface area contributed by atoms with Gasteiger partial charge in [0.1, 0.15) is 12.4 Å². The van der Waals surface area contributed by atoms with E-state index in [1.54, 1.807) is 6.20 Å². The fourth-order valence-corrected chi connectivity index (χ4v) is 2.71. The summed E-state index contributed by atoms with van der Waals surface area (Å²) in [5, 5.41) is 3.09. The number of hydrogen-bond donors (Lipinski definition) is 1. The number of aromatic nitrogens is 1. The summed E-state index contributed by atoms with van der Waals surface area (Å²) in [7, 11) is 1.91. The van der Waals surface area contributed by atoms with Gasteiger partial charge in [-0.15, -0.1) is 0 Å². The van der Waals surface area contributed by atoms with Crippen molar-refractivity contribution in [3.05, 3.63) is 83.7 Å². The number of nitrogens with zero attached hydrogens (tertiary/aromatic N) is 1. The monoisotopic (exact) mass is 318 g/mol. The molecule has 1 heterocycles. The maximum atomic E-state index is 5.91. The van der Waals surface area contributed by atoms with E-state index in [-0.39, 0.29) is 0 Å². The van der Waals surface area contributed by atoms with Crippen LogP contribution in [-0.4, -0.2) is 12.0 Å². The Balaban J connectivity index is 1.74. The molecule has 0 saturated heterocycles. The number of pyridine rings is 1. The second kappa shape index (κ2) is 7.75. The Kier molecular flexibility index (Phi) is 5.24. The van der Waals surface area contributed by atoms with Crippen molar-refractivity contribution in [1.29, 1.82) is 0 Å². The minimum absolute atomic E-state index is 0.541. The van der Waals surface area contributed by atoms with Crippen molar-refractivity contribution >= 4 is 0 Å². The number of ether oxygens (including phenoxy) is 1. The summed E-state index contributed by atoms with van der Waals surface area (Å²) in [5.41, 5.74) is 5.93. The molecule has 0 aliphatic carbocycles. The van der Waals surface area contributed by atoms with Crippen LogP contribution in [0, 0.1) is 6.92 Å². The molecule has 0 atom stereocenters. The van der Waals surface area contributed by atoms with Crippen molar-refractivity contribution < 1.29 is 4.74 Å². The molecule has 2 aromatic carbocycles. The first-order valence-corrected chi connectivity index (χ1v) is 8.14. The molecule has 1 N–H and O–H groups in total. The molecule has 3 nitrogen and oxygen atoms in total. The van der Waals surface area contributed by atoms with Gasteiger partial charge in [0.05, 0.1) is 11.9 Å². The first-order chi connectivity index (χ1) is 11.8. The van der Waals surface area contributed by atoms with Gasteiger partial charge in [-0.05, 0) is 48.4 Å². The molecule has 0 spiro atoms. The molecule has 0 aliphatic heterocycles. The van der Waals surface area contributed by atoms with Gasteiger partial charge in [0, 0.05) is 6.54 Å². The fraction of sp³-hybridized carbons (Fsp3) is 0.190. The van der Waals surface area contributed by atoms with E-state index in [0.717, 1.165) is 18.0 Å². The molecular formula is C21H22N2O. The lowest BCUT2D eigenvalue weighted by molar-refractivity contribution is 0.304. The molecule has 0 saturated carbocycles. The molecule has 3 rings (SSSR count). The van der Waals surface area contributed by atoms with Crippen molar-refractivity contribution in [2.45, 2.75) is 20.1 Å². The molecule has 3 aromatic rings. The van der Waals surface area contributed by atoms with E-state index in [2.05, 4.69) is 59.7 Å². The van der Waals surface area contributed by atoms with Crippen LogP contribution in [-0.2, 0) is 13.2 Å². The van der Waals surface area contributed by atoms with Gasteiger partial charge >= 0.3 is 0 Å². The topological polar surface area (TPSA) is 34.1 Å². The maximum Gasteiger partial charge on any atom is 0.138 e. The van der Waals surface area contributed by atoms with Gasteiger partial charge in [0.15, 0.2) is 0 Å². The third-order valence-electron chi connectivity index (χ3n) is 4.08. The van der Waals surface area contributed by atoms with Crippen LogP contribution in [0.25, 0.3) is 11.1 Å². The van der Waals surface area contributed by atoms with Crippen LogP contribution in [0.5, 0.6) is 5.75 Å². The third kappa shape index (κ3) is 3.81. The molecule has 0 aliphatic rings. The van der Waals surface area contributed by atoms with Gasteiger partial charge in [-0.3, -0.25) is 4.98 Å². The summed E-state index contributed by atoms with van der Waals surface area (Å²) in [6.07, 6.45) is 1.78. The van der Waals surface area contributed by atoms with Gasteiger partial charge in [-0.1, -0.05) is 48.5 Å². The van der Waals surface area contributed by atoms with E-state index >= 15 is 0 Å². The van der Waals surface area contributed by atoms with Crippen LogP contribution in [0.2, 0.25) is 0 Å². The first-order valence-electron chi connectivity index (χ1n) is 8.14. The van der Waals surface area contributed by atoms with E-state index in [1.807, 2.05) is 25.2 Å². The SMILES string of the molecule is CNCc1ccc(OCc2cccc(-c3ccccc3)c2C)cn1. The van der Waals surface area contributed by atoms with E-state index in [0.29, 0.717) is 6.61 Å². The Hall–Kier alpha value is -2.65. The summed E-state index contributed by atoms with van der Waals surface area (Å²) in [5.74, 6) is 0.791. The Labute approximate surface area is 143 Å². The summed E-state index contributed by atoms with van der Waals surface area (Å²) in [6.45, 7) is 3.45. The van der Waals surface area contributed by atoms with E-state index < -0.39 is 0 Å². The minimum Gasteiger partial charge on any atom is -0.487 e. The summed E-state index contributed by atoms with van der Waals surface area (Å²) >= 11 is 0. The Morgan fingerprint density at radius 3 is 2.50 bits per heavy atom. The highest BCUT2D eigenvalue weighted by atomic mass is 16.5. The van der Waals surface area contributed by atoms with Gasteiger partial charge < -0.3 is 10.1 Å². The molecule has 1 aromatic heterocycles. The smallest absolute Gasteiger partial charge is 0.138 e. The zero-order chi connectivity index (χ0) is 16.8. The number of hydrogen-bond acceptors (Lipinski definition) is 3. The Morgan fingerprint density at radius 2 is 1.79 bits per heavy atom. The molecule has 0 amide bonds. The molecule has 0 unspecified atom stereocenters. The van der Waals surface area contributed by atoms with Crippen molar-refractivity contribution in [2.24, 2.45) is 0 Å². The third-order valence-corrected chi connectivity index (χ3v) is 4.08. The highest BCUT2D eigenvalue weighted by Gasteiger charge is 2.07. The lowest BCUT2D eigenvalue weighted by Crippen LogP contribution is -2.06. The molecule has 24 heavy (non-hydrogen) atoms. The normalized spacial score (nSPS) is 10.6. The van der Waals surface area contributed by atoms with E-state index in [9.17, 15) is 0 Å². The predicted molar refractivity (Wildman–Crippen MR) is 97.9 cm³/mol. The highest BCUT2D eigenvalue weighted by molar-refractivity contribution is 5.68. The van der Waals surface area contributed by atoms with Crippen LogP contribution in [0.15, 0.2) is 66.9 Å². The molecule has 0 fully saturated rings. The number of benzene rings is 2. The van der Waals surface area contributed by atoms with Gasteiger partial charge in [0.2, 0.25) is 0 Å². The van der Waals surface area contributed by atoms with Crippen molar-refractivity contribution in [3.63, 3.8) is 0 Å². The average Bonchev–Trinajstić information content (AvgIpc) is 2.63. The van der Waals surface area contributed by atoms with Crippen molar-refractivity contribution in [2.75, 3.05) is 7.05 Å². The largest absolute Gasteiger partial charge is 0.487 e. The molecule has 3 heteroatoms. The lowest BCUT2D eigenvalue weighted by Gasteiger charge is -2.13. The lowest BCUT2D eigenvalue weighted by atomic mass is 9.97. The van der Waals surface area contributed by atoms with Crippen LogP contribution >= 0.6 is 0 Å². The van der Waals surface area contributed by atoms with Crippen LogP contribution in [0.1, 0.15) is 16.8 Å². The number of nitrogens with one attached hydrogen (secondary N) is 1. The standard InChI is InChI=1S/C21H22N2O/c1-16-18(9-6-10-21(16)17-7-4-3-5-8-17)15-24-20-12-11-19(13-22-2)23-14-20/h3-12,14,22H,13,15H2,1-2H3. The second-order valence-corrected chi connectivity index (χ2v) is 5.76. The zero-order valence-electron chi connectivity index (χ0n) is 14.1. The molecular weight excluding hydrogens is 296 g/mol. The number of rotatable bonds is 6. The Morgan fingerprint density at radius 1 is 0.958 bits per heavy atom. The quantitative estimate of drug-likeness (QED) is 0.733. The van der Waals surface area contributed by atoms with Crippen LogP contribution in [0.4, 0.5) is 0 Å². The molecule has 0 bridgehead atoms. The summed E-state index contributed by atoms with van der Waals surface area (Å²) in [4.78, 5) is 4.38. The van der Waals surface area contributed by atoms with E-state index in [1.165, 1.54) is 22.3 Å². The Bertz CT molecular complexity index is 783. The second-order valence-electron chi connectivity index (χ2n) is 5.76. The molecule has 0 radical (unpaired) electrons. The van der Waals surface area contributed by atoms with Crippen LogP contribution < -0.4 is 10.1 Å². The van der Waals surface area contributed by atoms with E-state index in [4.69, 9.17) is 4.74 Å². The van der Waals surface area contributed by atoms with Crippen LogP contribution in [0.3, 0.4) is 0 Å². The van der Waals surface area contributed by atoms with Crippen molar-refractivity contribution in [1.82, 2.24) is 10.3 Å². The predicted octanol–water partition coefficient (Wildman–Crippen LogP) is 4.36. The van der Waals surface area contributed by atoms with Gasteiger partial charge in [-0.25, -0.2) is 0 Å². The summed E-state index contributed by atoms with van der Waals surface area (Å²) < 4.78 is 5.91. The summed E-state index contributed by atoms with van der Waals surface area (Å²) in [6, 6.07) is 20.8. The van der Waals surface area contributed by atoms with Gasteiger partial charge in [0.25, 0.3) is 0 Å². The zero-order valence-corrected chi connectivity index (χ0v) is 14.1. The molecule has 122 valence electrons. The average molecular weight is 318 g/mol. The highest BCUT2D eigenvalue weighted by Crippen LogP contribution is 2.26. The maximum absolute atomic E-state index is 5.91. The van der Waals surface area contributed by atoms with Crippen molar-refractivity contribution in [3.8, 4) is 16.9 Å². The first kappa shape index (κ1) is 16.2.